The van der Waals surface area contributed by atoms with Crippen LogP contribution in [0.2, 0.25) is 0 Å². The molecule has 0 fully saturated rings. The van der Waals surface area contributed by atoms with Gasteiger partial charge in [0.2, 0.25) is 0 Å². The Hall–Kier alpha value is -2.57. The van der Waals surface area contributed by atoms with E-state index in [0.29, 0.717) is 17.0 Å². The third-order valence-electron chi connectivity index (χ3n) is 4.35. The predicted molar refractivity (Wildman–Crippen MR) is 99.4 cm³/mol. The summed E-state index contributed by atoms with van der Waals surface area (Å²) < 4.78 is 5.46. The molecule has 2 aromatic carbocycles. The molecule has 2 aromatic rings. The van der Waals surface area contributed by atoms with Gasteiger partial charge in [0.1, 0.15) is 11.5 Å². The van der Waals surface area contributed by atoms with Gasteiger partial charge in [-0.05, 0) is 31.9 Å². The first-order valence-electron chi connectivity index (χ1n) is 8.61. The largest absolute Gasteiger partial charge is 0.508 e. The van der Waals surface area contributed by atoms with Crippen molar-refractivity contribution in [1.29, 1.82) is 0 Å². The smallest absolute Gasteiger partial charge is 0.262 e. The molecule has 1 atom stereocenters. The van der Waals surface area contributed by atoms with Crippen LogP contribution in [0.5, 0.6) is 11.5 Å². The molecular formula is C20H24N2O4. The normalized spacial score (nSPS) is 15.0. The van der Waals surface area contributed by atoms with Gasteiger partial charge >= 0.3 is 0 Å². The number of amides is 1. The molecule has 1 aliphatic rings. The maximum absolute atomic E-state index is 11.5. The number of β-amino-alcohol motifs (C(OH)–C–C–N with tert-alkyl or cyclic N) is 1. The van der Waals surface area contributed by atoms with Crippen LogP contribution in [0.4, 0.5) is 5.69 Å². The summed E-state index contributed by atoms with van der Waals surface area (Å²) in [4.78, 5) is 11.5. The first-order valence-corrected chi connectivity index (χ1v) is 8.61. The van der Waals surface area contributed by atoms with Crippen LogP contribution in [0.3, 0.4) is 0 Å². The summed E-state index contributed by atoms with van der Waals surface area (Å²) in [7, 11) is 0. The summed E-state index contributed by atoms with van der Waals surface area (Å²) >= 11 is 0. The maximum atomic E-state index is 11.5. The number of aromatic hydroxyl groups is 1. The summed E-state index contributed by atoms with van der Waals surface area (Å²) in [6, 6.07) is 13.0. The quantitative estimate of drug-likeness (QED) is 0.638. The summed E-state index contributed by atoms with van der Waals surface area (Å²) in [5.74, 6) is 0.0790. The zero-order chi connectivity index (χ0) is 18.7. The standard InChI is InChI=1S/C20H24N2O4/c1-20(2,10-13-6-4-3-5-7-13)21-11-17(24)15-8-14(23)9-16-19(15)26-12-18(25)22-16/h3-9,17,21,23-24H,10-12H2,1-2H3,(H,22,25)/t17-/m0/s1. The summed E-state index contributed by atoms with van der Waals surface area (Å²) in [6.07, 6.45) is -0.0773. The lowest BCUT2D eigenvalue weighted by molar-refractivity contribution is -0.118. The van der Waals surface area contributed by atoms with Crippen LogP contribution in [0.25, 0.3) is 0 Å². The van der Waals surface area contributed by atoms with E-state index in [1.54, 1.807) is 0 Å². The molecule has 0 aromatic heterocycles. The van der Waals surface area contributed by atoms with E-state index < -0.39 is 6.10 Å². The zero-order valence-corrected chi connectivity index (χ0v) is 15.0. The number of fused-ring (bicyclic) bond motifs is 1. The van der Waals surface area contributed by atoms with Gasteiger partial charge in [-0.15, -0.1) is 0 Å². The highest BCUT2D eigenvalue weighted by Crippen LogP contribution is 2.38. The fourth-order valence-electron chi connectivity index (χ4n) is 3.11. The molecule has 6 nitrogen and oxygen atoms in total. The highest BCUT2D eigenvalue weighted by molar-refractivity contribution is 5.96. The number of ether oxygens (including phenoxy) is 1. The van der Waals surface area contributed by atoms with Crippen LogP contribution >= 0.6 is 0 Å². The molecule has 0 saturated carbocycles. The lowest BCUT2D eigenvalue weighted by Crippen LogP contribution is -2.43. The van der Waals surface area contributed by atoms with Gasteiger partial charge in [0.25, 0.3) is 5.91 Å². The molecule has 138 valence electrons. The number of carbonyl (C=O) groups is 1. The summed E-state index contributed by atoms with van der Waals surface area (Å²) in [5, 5.41) is 26.5. The molecule has 0 saturated heterocycles. The number of aliphatic hydroxyl groups is 1. The Morgan fingerprint density at radius 2 is 2.00 bits per heavy atom. The molecule has 26 heavy (non-hydrogen) atoms. The molecule has 0 radical (unpaired) electrons. The Labute approximate surface area is 152 Å². The van der Waals surface area contributed by atoms with Crippen LogP contribution in [-0.2, 0) is 11.2 Å². The second-order valence-corrected chi connectivity index (χ2v) is 7.19. The zero-order valence-electron chi connectivity index (χ0n) is 15.0. The van der Waals surface area contributed by atoms with Crippen LogP contribution < -0.4 is 15.4 Å². The van der Waals surface area contributed by atoms with Gasteiger partial charge in [0.05, 0.1) is 11.8 Å². The van der Waals surface area contributed by atoms with Gasteiger partial charge in [0, 0.05) is 23.7 Å². The lowest BCUT2D eigenvalue weighted by Gasteiger charge is -2.29. The van der Waals surface area contributed by atoms with Crippen molar-refractivity contribution in [3.63, 3.8) is 0 Å². The van der Waals surface area contributed by atoms with Crippen molar-refractivity contribution in [3.8, 4) is 11.5 Å². The van der Waals surface area contributed by atoms with Gasteiger partial charge in [-0.2, -0.15) is 0 Å². The molecule has 0 aliphatic carbocycles. The van der Waals surface area contributed by atoms with Crippen LogP contribution in [0.1, 0.15) is 31.1 Å². The predicted octanol–water partition coefficient (Wildman–Crippen LogP) is 2.37. The number of anilines is 1. The van der Waals surface area contributed by atoms with Gasteiger partial charge in [-0.1, -0.05) is 30.3 Å². The van der Waals surface area contributed by atoms with Crippen molar-refractivity contribution in [2.45, 2.75) is 31.9 Å². The van der Waals surface area contributed by atoms with Gasteiger partial charge in [0.15, 0.2) is 6.61 Å². The van der Waals surface area contributed by atoms with Crippen molar-refractivity contribution in [2.75, 3.05) is 18.5 Å². The van der Waals surface area contributed by atoms with Crippen molar-refractivity contribution in [3.05, 3.63) is 53.6 Å². The second-order valence-electron chi connectivity index (χ2n) is 7.19. The average molecular weight is 356 g/mol. The van der Waals surface area contributed by atoms with E-state index in [9.17, 15) is 15.0 Å². The first-order chi connectivity index (χ1) is 12.3. The maximum Gasteiger partial charge on any atom is 0.262 e. The number of aliphatic hydroxyl groups excluding tert-OH is 1. The second kappa shape index (κ2) is 7.35. The van der Waals surface area contributed by atoms with Crippen LogP contribution in [0.15, 0.2) is 42.5 Å². The highest BCUT2D eigenvalue weighted by atomic mass is 16.5. The van der Waals surface area contributed by atoms with Gasteiger partial charge < -0.3 is 25.6 Å². The fraction of sp³-hybridized carbons (Fsp3) is 0.350. The molecule has 3 rings (SSSR count). The van der Waals surface area contributed by atoms with Crippen molar-refractivity contribution >= 4 is 11.6 Å². The first kappa shape index (κ1) is 18.2. The van der Waals surface area contributed by atoms with Crippen LogP contribution in [0, 0.1) is 0 Å². The Morgan fingerprint density at radius 3 is 2.73 bits per heavy atom. The molecule has 0 spiro atoms. The minimum Gasteiger partial charge on any atom is -0.508 e. The Bertz CT molecular complexity index is 790. The summed E-state index contributed by atoms with van der Waals surface area (Å²) in [5.41, 5.74) is 1.80. The molecule has 0 bridgehead atoms. The van der Waals surface area contributed by atoms with Crippen molar-refractivity contribution in [2.24, 2.45) is 0 Å². The molecule has 1 heterocycles. The Morgan fingerprint density at radius 1 is 1.27 bits per heavy atom. The van der Waals surface area contributed by atoms with E-state index in [4.69, 9.17) is 4.74 Å². The van der Waals surface area contributed by atoms with E-state index in [1.165, 1.54) is 17.7 Å². The fourth-order valence-corrected chi connectivity index (χ4v) is 3.11. The number of nitrogens with one attached hydrogen (secondary N) is 2. The number of hydrogen-bond acceptors (Lipinski definition) is 5. The Kier molecular flexibility index (Phi) is 5.15. The lowest BCUT2D eigenvalue weighted by atomic mass is 9.94. The van der Waals surface area contributed by atoms with Crippen LogP contribution in [-0.4, -0.2) is 34.8 Å². The number of carbonyl (C=O) groups excluding carboxylic acids is 1. The third-order valence-corrected chi connectivity index (χ3v) is 4.35. The minimum absolute atomic E-state index is 0.0351. The number of rotatable bonds is 6. The molecule has 6 heteroatoms. The molecule has 0 unspecified atom stereocenters. The van der Waals surface area contributed by atoms with E-state index in [0.717, 1.165) is 6.42 Å². The van der Waals surface area contributed by atoms with E-state index in [1.807, 2.05) is 18.2 Å². The van der Waals surface area contributed by atoms with E-state index >= 15 is 0 Å². The molecule has 4 N–H and O–H groups in total. The third kappa shape index (κ3) is 4.33. The monoisotopic (exact) mass is 356 g/mol. The molecule has 1 aliphatic heterocycles. The van der Waals surface area contributed by atoms with Gasteiger partial charge in [-0.25, -0.2) is 0 Å². The SMILES string of the molecule is CC(C)(Cc1ccccc1)NC[C@H](O)c1cc(O)cc2c1OCC(=O)N2. The van der Waals surface area contributed by atoms with Crippen molar-refractivity contribution in [1.82, 2.24) is 5.32 Å². The topological polar surface area (TPSA) is 90.8 Å². The van der Waals surface area contributed by atoms with E-state index in [2.05, 4.69) is 36.6 Å². The number of phenols is 1. The number of phenolic OH excluding ortho intramolecular Hbond substituents is 1. The van der Waals surface area contributed by atoms with Gasteiger partial charge in [-0.3, -0.25) is 4.79 Å². The molecular weight excluding hydrogens is 332 g/mol. The number of benzene rings is 2. The highest BCUT2D eigenvalue weighted by Gasteiger charge is 2.26. The number of hydrogen-bond donors (Lipinski definition) is 4. The van der Waals surface area contributed by atoms with Crippen molar-refractivity contribution < 1.29 is 19.7 Å². The minimum atomic E-state index is -0.888. The summed E-state index contributed by atoms with van der Waals surface area (Å²) in [6.45, 7) is 4.32. The Balaban J connectivity index is 1.70. The average Bonchev–Trinajstić information content (AvgIpc) is 2.59. The van der Waals surface area contributed by atoms with E-state index in [-0.39, 0.29) is 30.3 Å². The molecule has 1 amide bonds.